The molecular weight excluding hydrogens is 204 g/mol. The predicted octanol–water partition coefficient (Wildman–Crippen LogP) is 0.619. The highest BCUT2D eigenvalue weighted by Crippen LogP contribution is 2.15. The van der Waals surface area contributed by atoms with Crippen LogP contribution in [-0.4, -0.2) is 43.9 Å². The minimum Gasteiger partial charge on any atom is -0.492 e. The molecule has 0 fully saturated rings. The van der Waals surface area contributed by atoms with Crippen LogP contribution in [0.4, 0.5) is 0 Å². The van der Waals surface area contributed by atoms with E-state index in [4.69, 9.17) is 15.6 Å². The zero-order valence-electron chi connectivity index (χ0n) is 9.89. The molecule has 0 amide bonds. The summed E-state index contributed by atoms with van der Waals surface area (Å²) in [6.45, 7) is 1.51. The second-order valence-electron chi connectivity index (χ2n) is 4.01. The number of benzene rings is 1. The van der Waals surface area contributed by atoms with E-state index >= 15 is 0 Å². The molecule has 0 aliphatic rings. The predicted molar refractivity (Wildman–Crippen MR) is 64.5 cm³/mol. The van der Waals surface area contributed by atoms with Gasteiger partial charge in [-0.3, -0.25) is 0 Å². The Morgan fingerprint density at radius 2 is 1.94 bits per heavy atom. The summed E-state index contributed by atoms with van der Waals surface area (Å²) >= 11 is 0. The Labute approximate surface area is 96.6 Å². The van der Waals surface area contributed by atoms with Gasteiger partial charge in [0.05, 0.1) is 12.6 Å². The molecule has 1 aromatic carbocycles. The Hall–Kier alpha value is -1.10. The molecule has 1 aromatic rings. The van der Waals surface area contributed by atoms with Crippen LogP contribution in [0.3, 0.4) is 0 Å². The van der Waals surface area contributed by atoms with E-state index in [0.29, 0.717) is 6.61 Å². The number of nitrogens with zero attached hydrogens (tertiary/aromatic N) is 1. The monoisotopic (exact) mass is 224 g/mol. The van der Waals surface area contributed by atoms with E-state index in [0.717, 1.165) is 17.9 Å². The number of ether oxygens (including phenoxy) is 1. The number of nitrogens with two attached hydrogens (primary N) is 1. The average Bonchev–Trinajstić information content (AvgIpc) is 2.28. The van der Waals surface area contributed by atoms with Crippen LogP contribution in [0.25, 0.3) is 0 Å². The molecule has 3 N–H and O–H groups in total. The average molecular weight is 224 g/mol. The molecule has 0 saturated carbocycles. The Kier molecular flexibility index (Phi) is 5.25. The first-order valence-corrected chi connectivity index (χ1v) is 5.37. The van der Waals surface area contributed by atoms with E-state index in [1.807, 2.05) is 38.4 Å². The van der Waals surface area contributed by atoms with Gasteiger partial charge in [0.25, 0.3) is 0 Å². The Morgan fingerprint density at radius 1 is 1.31 bits per heavy atom. The lowest BCUT2D eigenvalue weighted by atomic mass is 10.1. The summed E-state index contributed by atoms with van der Waals surface area (Å²) in [5.74, 6) is 0.829. The molecular formula is C12H20N2O2. The molecule has 0 aliphatic carbocycles. The Morgan fingerprint density at radius 3 is 2.44 bits per heavy atom. The van der Waals surface area contributed by atoms with Gasteiger partial charge in [0.1, 0.15) is 12.4 Å². The largest absolute Gasteiger partial charge is 0.492 e. The van der Waals surface area contributed by atoms with Crippen molar-refractivity contribution in [3.63, 3.8) is 0 Å². The van der Waals surface area contributed by atoms with Gasteiger partial charge in [-0.25, -0.2) is 0 Å². The molecule has 0 saturated heterocycles. The fourth-order valence-electron chi connectivity index (χ4n) is 1.26. The molecule has 0 bridgehead atoms. The zero-order chi connectivity index (χ0) is 12.0. The van der Waals surface area contributed by atoms with E-state index in [2.05, 4.69) is 4.90 Å². The second-order valence-corrected chi connectivity index (χ2v) is 4.01. The number of aliphatic hydroxyl groups excluding tert-OH is 1. The van der Waals surface area contributed by atoms with E-state index < -0.39 is 0 Å². The first-order chi connectivity index (χ1) is 7.63. The number of aliphatic hydroxyl groups is 1. The van der Waals surface area contributed by atoms with Gasteiger partial charge in [-0.1, -0.05) is 12.1 Å². The quantitative estimate of drug-likeness (QED) is 0.743. The molecule has 90 valence electrons. The smallest absolute Gasteiger partial charge is 0.119 e. The summed E-state index contributed by atoms with van der Waals surface area (Å²) < 4.78 is 5.54. The normalized spacial score (nSPS) is 12.8. The molecule has 4 nitrogen and oxygen atoms in total. The van der Waals surface area contributed by atoms with Crippen molar-refractivity contribution in [1.29, 1.82) is 0 Å². The van der Waals surface area contributed by atoms with Gasteiger partial charge in [0.15, 0.2) is 0 Å². The first-order valence-electron chi connectivity index (χ1n) is 5.37. The maximum Gasteiger partial charge on any atom is 0.119 e. The second kappa shape index (κ2) is 6.48. The van der Waals surface area contributed by atoms with Gasteiger partial charge < -0.3 is 20.5 Å². The third-order valence-corrected chi connectivity index (χ3v) is 2.31. The van der Waals surface area contributed by atoms with Crippen LogP contribution in [0.2, 0.25) is 0 Å². The highest BCUT2D eigenvalue weighted by Gasteiger charge is 2.03. The lowest BCUT2D eigenvalue weighted by molar-refractivity contribution is 0.260. The van der Waals surface area contributed by atoms with Crippen molar-refractivity contribution in [2.75, 3.05) is 33.9 Å². The summed E-state index contributed by atoms with van der Waals surface area (Å²) in [6.07, 6.45) is 0. The molecule has 4 heteroatoms. The zero-order valence-corrected chi connectivity index (χ0v) is 9.89. The van der Waals surface area contributed by atoms with Crippen LogP contribution in [0.15, 0.2) is 24.3 Å². The van der Waals surface area contributed by atoms with Crippen molar-refractivity contribution in [1.82, 2.24) is 4.90 Å². The van der Waals surface area contributed by atoms with Crippen LogP contribution in [0, 0.1) is 0 Å². The van der Waals surface area contributed by atoms with Crippen molar-refractivity contribution in [3.8, 4) is 5.75 Å². The van der Waals surface area contributed by atoms with E-state index in [9.17, 15) is 0 Å². The topological polar surface area (TPSA) is 58.7 Å². The fourth-order valence-corrected chi connectivity index (χ4v) is 1.26. The molecule has 16 heavy (non-hydrogen) atoms. The summed E-state index contributed by atoms with van der Waals surface area (Å²) in [4.78, 5) is 2.07. The van der Waals surface area contributed by atoms with Crippen LogP contribution >= 0.6 is 0 Å². The number of rotatable bonds is 6. The summed E-state index contributed by atoms with van der Waals surface area (Å²) in [5, 5.41) is 8.90. The lowest BCUT2D eigenvalue weighted by Crippen LogP contribution is -2.19. The Bertz CT molecular complexity index is 298. The molecule has 0 aliphatic heterocycles. The standard InChI is InChI=1S/C12H20N2O2/c1-14(2)7-8-16-11-5-3-10(4-6-11)12(13)9-15/h3-6,12,15H,7-9,13H2,1-2H3/t12-/m1/s1. The van der Waals surface area contributed by atoms with Crippen LogP contribution in [-0.2, 0) is 0 Å². The molecule has 0 unspecified atom stereocenters. The number of hydrogen-bond acceptors (Lipinski definition) is 4. The molecule has 1 atom stereocenters. The third-order valence-electron chi connectivity index (χ3n) is 2.31. The van der Waals surface area contributed by atoms with Crippen LogP contribution in [0.5, 0.6) is 5.75 Å². The minimum absolute atomic E-state index is 0.0408. The van der Waals surface area contributed by atoms with E-state index in [1.54, 1.807) is 0 Å². The minimum atomic E-state index is -0.309. The summed E-state index contributed by atoms with van der Waals surface area (Å²) in [7, 11) is 4.01. The number of likely N-dealkylation sites (N-methyl/N-ethyl adjacent to an activating group) is 1. The number of hydrogen-bond donors (Lipinski definition) is 2. The highest BCUT2D eigenvalue weighted by atomic mass is 16.5. The highest BCUT2D eigenvalue weighted by molar-refractivity contribution is 5.29. The van der Waals surface area contributed by atoms with E-state index in [1.165, 1.54) is 0 Å². The summed E-state index contributed by atoms with van der Waals surface area (Å²) in [6, 6.07) is 7.20. The maximum absolute atomic E-state index is 8.90. The van der Waals surface area contributed by atoms with Crippen molar-refractivity contribution < 1.29 is 9.84 Å². The third kappa shape index (κ3) is 4.18. The molecule has 0 heterocycles. The van der Waals surface area contributed by atoms with Crippen molar-refractivity contribution >= 4 is 0 Å². The SMILES string of the molecule is CN(C)CCOc1ccc([C@H](N)CO)cc1. The van der Waals surface area contributed by atoms with Crippen molar-refractivity contribution in [2.24, 2.45) is 5.73 Å². The Balaban J connectivity index is 2.45. The fraction of sp³-hybridized carbons (Fsp3) is 0.500. The molecule has 0 spiro atoms. The van der Waals surface area contributed by atoms with E-state index in [-0.39, 0.29) is 12.6 Å². The molecule has 1 rings (SSSR count). The van der Waals surface area contributed by atoms with Crippen molar-refractivity contribution in [2.45, 2.75) is 6.04 Å². The van der Waals surface area contributed by atoms with Crippen molar-refractivity contribution in [3.05, 3.63) is 29.8 Å². The van der Waals surface area contributed by atoms with Gasteiger partial charge >= 0.3 is 0 Å². The van der Waals surface area contributed by atoms with Gasteiger partial charge in [-0.05, 0) is 31.8 Å². The molecule has 0 radical (unpaired) electrons. The molecule has 0 aromatic heterocycles. The maximum atomic E-state index is 8.90. The van der Waals surface area contributed by atoms with Gasteiger partial charge in [0, 0.05) is 6.54 Å². The first kappa shape index (κ1) is 13.0. The lowest BCUT2D eigenvalue weighted by Gasteiger charge is -2.12. The van der Waals surface area contributed by atoms with Gasteiger partial charge in [-0.2, -0.15) is 0 Å². The van der Waals surface area contributed by atoms with Crippen LogP contribution < -0.4 is 10.5 Å². The van der Waals surface area contributed by atoms with Gasteiger partial charge in [-0.15, -0.1) is 0 Å². The van der Waals surface area contributed by atoms with Crippen LogP contribution in [0.1, 0.15) is 11.6 Å². The van der Waals surface area contributed by atoms with Gasteiger partial charge in [0.2, 0.25) is 0 Å². The summed E-state index contributed by atoms with van der Waals surface area (Å²) in [5.41, 5.74) is 6.61.